The summed E-state index contributed by atoms with van der Waals surface area (Å²) in [5.74, 6) is -1.02. The number of anilines is 1. The number of nitrogens with one attached hydrogen (secondary N) is 1. The maximum atomic E-state index is 11.1. The maximum absolute atomic E-state index is 11.1. The Bertz CT molecular complexity index is 380. The maximum Gasteiger partial charge on any atom is 0.248 e. The van der Waals surface area contributed by atoms with Gasteiger partial charge in [0.25, 0.3) is 0 Å². The van der Waals surface area contributed by atoms with Crippen LogP contribution in [0.4, 0.5) is 5.69 Å². The van der Waals surface area contributed by atoms with Gasteiger partial charge in [-0.3, -0.25) is 9.78 Å². The highest BCUT2D eigenvalue weighted by Gasteiger charge is 2.31. The van der Waals surface area contributed by atoms with Crippen LogP contribution in [0, 0.1) is 11.3 Å². The Morgan fingerprint density at radius 1 is 1.67 bits per heavy atom. The normalized spacial score (nSPS) is 19.6. The molecule has 4 heteroatoms. The molecule has 2 rings (SSSR count). The Kier molecular flexibility index (Phi) is 1.31. The van der Waals surface area contributed by atoms with E-state index in [1.165, 1.54) is 0 Å². The zero-order chi connectivity index (χ0) is 8.55. The van der Waals surface area contributed by atoms with Crippen molar-refractivity contribution in [3.05, 3.63) is 24.0 Å². The number of hydrogen-bond donors (Lipinski definition) is 1. The summed E-state index contributed by atoms with van der Waals surface area (Å²) in [5.41, 5.74) is 1.18. The second-order valence-corrected chi connectivity index (χ2v) is 2.49. The van der Waals surface area contributed by atoms with Gasteiger partial charge in [0.15, 0.2) is 5.92 Å². The summed E-state index contributed by atoms with van der Waals surface area (Å²) in [4.78, 5) is 15.0. The van der Waals surface area contributed by atoms with Crippen molar-refractivity contribution in [1.29, 1.82) is 5.26 Å². The number of aromatic nitrogens is 1. The zero-order valence-corrected chi connectivity index (χ0v) is 6.11. The molecule has 0 unspecified atom stereocenters. The van der Waals surface area contributed by atoms with Gasteiger partial charge in [0, 0.05) is 6.20 Å². The molecule has 1 aromatic heterocycles. The molecule has 2 heterocycles. The number of nitrogens with zero attached hydrogens (tertiary/aromatic N) is 2. The van der Waals surface area contributed by atoms with Gasteiger partial charge in [-0.1, -0.05) is 0 Å². The number of hydrogen-bond acceptors (Lipinski definition) is 3. The molecule has 1 N–H and O–H groups in total. The van der Waals surface area contributed by atoms with Crippen LogP contribution in [0.3, 0.4) is 0 Å². The zero-order valence-electron chi connectivity index (χ0n) is 6.11. The molecule has 12 heavy (non-hydrogen) atoms. The first-order valence-corrected chi connectivity index (χ1v) is 3.48. The minimum atomic E-state index is -0.735. The van der Waals surface area contributed by atoms with Crippen LogP contribution in [-0.2, 0) is 4.79 Å². The van der Waals surface area contributed by atoms with Gasteiger partial charge in [0.1, 0.15) is 0 Å². The molecule has 0 aliphatic carbocycles. The topological polar surface area (TPSA) is 65.8 Å². The van der Waals surface area contributed by atoms with Crippen molar-refractivity contribution in [2.24, 2.45) is 0 Å². The second kappa shape index (κ2) is 2.31. The van der Waals surface area contributed by atoms with E-state index in [1.807, 2.05) is 6.07 Å². The van der Waals surface area contributed by atoms with Gasteiger partial charge >= 0.3 is 0 Å². The van der Waals surface area contributed by atoms with E-state index in [1.54, 1.807) is 18.3 Å². The summed E-state index contributed by atoms with van der Waals surface area (Å²) in [5, 5.41) is 11.2. The summed E-state index contributed by atoms with van der Waals surface area (Å²) in [6, 6.07) is 5.35. The van der Waals surface area contributed by atoms with Crippen molar-refractivity contribution in [1.82, 2.24) is 4.98 Å². The minimum Gasteiger partial charge on any atom is -0.323 e. The fraction of sp³-hybridized carbons (Fsp3) is 0.125. The van der Waals surface area contributed by atoms with E-state index >= 15 is 0 Å². The average Bonchev–Trinajstić information content (AvgIpc) is 2.40. The lowest BCUT2D eigenvalue weighted by atomic mass is 10.1. The van der Waals surface area contributed by atoms with Gasteiger partial charge in [-0.15, -0.1) is 0 Å². The van der Waals surface area contributed by atoms with Crippen LogP contribution in [0.25, 0.3) is 0 Å². The molecule has 0 bridgehead atoms. The summed E-state index contributed by atoms with van der Waals surface area (Å²) in [7, 11) is 0. The molecule has 0 saturated carbocycles. The third-order valence-corrected chi connectivity index (χ3v) is 1.76. The lowest BCUT2D eigenvalue weighted by molar-refractivity contribution is -0.116. The lowest BCUT2D eigenvalue weighted by Crippen LogP contribution is -2.10. The van der Waals surface area contributed by atoms with Crippen molar-refractivity contribution in [2.75, 3.05) is 5.32 Å². The molecule has 1 amide bonds. The third-order valence-electron chi connectivity index (χ3n) is 1.76. The first-order valence-electron chi connectivity index (χ1n) is 3.48. The summed E-state index contributed by atoms with van der Waals surface area (Å²) < 4.78 is 0. The Labute approximate surface area is 68.8 Å². The van der Waals surface area contributed by atoms with Gasteiger partial charge in [-0.25, -0.2) is 0 Å². The molecule has 0 fully saturated rings. The molecule has 0 spiro atoms. The molecule has 58 valence electrons. The molecule has 4 nitrogen and oxygen atoms in total. The first kappa shape index (κ1) is 6.80. The highest BCUT2D eigenvalue weighted by atomic mass is 16.2. The first-order chi connectivity index (χ1) is 5.83. The molecule has 1 aliphatic rings. The van der Waals surface area contributed by atoms with Crippen LogP contribution in [0.15, 0.2) is 18.3 Å². The fourth-order valence-electron chi connectivity index (χ4n) is 1.20. The number of carbonyl (C=O) groups is 1. The molecule has 1 atom stereocenters. The van der Waals surface area contributed by atoms with E-state index < -0.39 is 5.92 Å². The molecule has 1 aromatic rings. The highest BCUT2D eigenvalue weighted by molar-refractivity contribution is 6.03. The van der Waals surface area contributed by atoms with Gasteiger partial charge in [-0.05, 0) is 12.1 Å². The standard InChI is InChI=1S/C8H5N3O/c9-4-5-7-6(11-8(5)12)2-1-3-10-7/h1-3,5H,(H,11,12)/t5-/m1/s1. The van der Waals surface area contributed by atoms with Crippen molar-refractivity contribution >= 4 is 11.6 Å². The molecule has 0 radical (unpaired) electrons. The quantitative estimate of drug-likeness (QED) is 0.604. The molecule has 0 saturated heterocycles. The van der Waals surface area contributed by atoms with Crippen LogP contribution >= 0.6 is 0 Å². The molecule has 1 aliphatic heterocycles. The summed E-state index contributed by atoms with van der Waals surface area (Å²) in [6.07, 6.45) is 1.57. The highest BCUT2D eigenvalue weighted by Crippen LogP contribution is 2.28. The fourth-order valence-corrected chi connectivity index (χ4v) is 1.20. The number of amides is 1. The van der Waals surface area contributed by atoms with E-state index in [9.17, 15) is 4.79 Å². The van der Waals surface area contributed by atoms with Crippen molar-refractivity contribution in [3.63, 3.8) is 0 Å². The van der Waals surface area contributed by atoms with E-state index in [0.29, 0.717) is 11.4 Å². The van der Waals surface area contributed by atoms with E-state index in [-0.39, 0.29) is 5.91 Å². The van der Waals surface area contributed by atoms with Crippen LogP contribution in [0.2, 0.25) is 0 Å². The number of carbonyl (C=O) groups excluding carboxylic acids is 1. The summed E-state index contributed by atoms with van der Waals surface area (Å²) >= 11 is 0. The minimum absolute atomic E-state index is 0.286. The smallest absolute Gasteiger partial charge is 0.248 e. The van der Waals surface area contributed by atoms with Gasteiger partial charge in [-0.2, -0.15) is 5.26 Å². The second-order valence-electron chi connectivity index (χ2n) is 2.49. The molecule has 0 aromatic carbocycles. The van der Waals surface area contributed by atoms with Crippen molar-refractivity contribution in [2.45, 2.75) is 5.92 Å². The Morgan fingerprint density at radius 2 is 2.50 bits per heavy atom. The van der Waals surface area contributed by atoms with E-state index in [2.05, 4.69) is 10.3 Å². The van der Waals surface area contributed by atoms with Crippen molar-refractivity contribution < 1.29 is 4.79 Å². The Balaban J connectivity index is 2.56. The van der Waals surface area contributed by atoms with E-state index in [0.717, 1.165) is 0 Å². The number of rotatable bonds is 0. The van der Waals surface area contributed by atoms with Gasteiger partial charge in [0.2, 0.25) is 5.91 Å². The van der Waals surface area contributed by atoms with Crippen LogP contribution in [0.1, 0.15) is 11.6 Å². The van der Waals surface area contributed by atoms with E-state index in [4.69, 9.17) is 5.26 Å². The number of nitriles is 1. The number of fused-ring (bicyclic) bond motifs is 1. The largest absolute Gasteiger partial charge is 0.323 e. The van der Waals surface area contributed by atoms with Crippen molar-refractivity contribution in [3.8, 4) is 6.07 Å². The predicted molar refractivity (Wildman–Crippen MR) is 41.2 cm³/mol. The van der Waals surface area contributed by atoms with Gasteiger partial charge in [0.05, 0.1) is 17.5 Å². The van der Waals surface area contributed by atoms with Gasteiger partial charge < -0.3 is 5.32 Å². The number of pyridine rings is 1. The Hall–Kier alpha value is -1.89. The summed E-state index contributed by atoms with van der Waals surface area (Å²) in [6.45, 7) is 0. The molecular formula is C8H5N3O. The Morgan fingerprint density at radius 3 is 3.25 bits per heavy atom. The van der Waals surface area contributed by atoms with Crippen LogP contribution in [0.5, 0.6) is 0 Å². The average molecular weight is 159 g/mol. The molecular weight excluding hydrogens is 154 g/mol. The SMILES string of the molecule is N#C[C@H]1C(=O)Nc2cccnc21. The predicted octanol–water partition coefficient (Wildman–Crippen LogP) is 0.641. The third kappa shape index (κ3) is 0.768. The van der Waals surface area contributed by atoms with Crippen LogP contribution in [-0.4, -0.2) is 10.9 Å². The van der Waals surface area contributed by atoms with Crippen LogP contribution < -0.4 is 5.32 Å². The monoisotopic (exact) mass is 159 g/mol. The lowest BCUT2D eigenvalue weighted by Gasteiger charge is -1.94.